The number of aromatic nitrogens is 1. The topological polar surface area (TPSA) is 57.8 Å². The van der Waals surface area contributed by atoms with Crippen molar-refractivity contribution in [3.05, 3.63) is 40.2 Å². The monoisotopic (exact) mass is 253 g/mol. The van der Waals surface area contributed by atoms with Crippen LogP contribution in [0.15, 0.2) is 39.9 Å². The van der Waals surface area contributed by atoms with Crippen molar-refractivity contribution in [1.82, 2.24) is 4.98 Å². The number of thiazole rings is 1. The van der Waals surface area contributed by atoms with Gasteiger partial charge in [0.25, 0.3) is 0 Å². The fraction of sp³-hybridized carbons (Fsp3) is 0.100. The molecule has 0 atom stereocenters. The molecule has 1 N–H and O–H groups in total. The van der Waals surface area contributed by atoms with Gasteiger partial charge in [-0.3, -0.25) is 0 Å². The van der Waals surface area contributed by atoms with Crippen molar-refractivity contribution in [3.63, 3.8) is 0 Å². The molecule has 0 bridgehead atoms. The Bertz CT molecular complexity index is 512. The maximum Gasteiger partial charge on any atom is 0.232 e. The zero-order chi connectivity index (χ0) is 11.4. The van der Waals surface area contributed by atoms with Crippen LogP contribution in [0.3, 0.4) is 0 Å². The number of azo groups is 1. The second-order valence-electron chi connectivity index (χ2n) is 3.02. The van der Waals surface area contributed by atoms with Crippen molar-refractivity contribution >= 4 is 28.1 Å². The first-order valence-electron chi connectivity index (χ1n) is 4.50. The molecule has 2 rings (SSSR count). The number of rotatable bonds is 3. The van der Waals surface area contributed by atoms with Crippen molar-refractivity contribution in [3.8, 4) is 5.88 Å². The normalized spacial score (nSPS) is 11.1. The molecule has 1 heterocycles. The van der Waals surface area contributed by atoms with Crippen molar-refractivity contribution in [1.29, 1.82) is 0 Å². The van der Waals surface area contributed by atoms with E-state index in [2.05, 4.69) is 15.2 Å². The molecule has 82 valence electrons. The third-order valence-corrected chi connectivity index (χ3v) is 2.73. The Labute approximate surface area is 101 Å². The Morgan fingerprint density at radius 3 is 3.00 bits per heavy atom. The van der Waals surface area contributed by atoms with Gasteiger partial charge < -0.3 is 5.11 Å². The van der Waals surface area contributed by atoms with Crippen LogP contribution in [0.5, 0.6) is 5.88 Å². The highest BCUT2D eigenvalue weighted by Gasteiger charge is 1.97. The lowest BCUT2D eigenvalue weighted by molar-refractivity contribution is 0.457. The van der Waals surface area contributed by atoms with E-state index in [0.29, 0.717) is 16.7 Å². The van der Waals surface area contributed by atoms with Crippen LogP contribution < -0.4 is 0 Å². The van der Waals surface area contributed by atoms with Gasteiger partial charge in [0.05, 0.1) is 11.9 Å². The van der Waals surface area contributed by atoms with E-state index in [9.17, 15) is 0 Å². The van der Waals surface area contributed by atoms with Gasteiger partial charge in [-0.05, 0) is 17.7 Å². The van der Waals surface area contributed by atoms with Gasteiger partial charge in [-0.1, -0.05) is 35.1 Å². The van der Waals surface area contributed by atoms with Crippen molar-refractivity contribution in [2.75, 3.05) is 0 Å². The molecule has 0 spiro atoms. The first kappa shape index (κ1) is 11.0. The van der Waals surface area contributed by atoms with Crippen molar-refractivity contribution in [2.24, 2.45) is 10.2 Å². The molecule has 0 aliphatic carbocycles. The zero-order valence-electron chi connectivity index (χ0n) is 8.17. The Balaban J connectivity index is 1.99. The number of hydrogen-bond acceptors (Lipinski definition) is 5. The Hall–Kier alpha value is -1.46. The minimum Gasteiger partial charge on any atom is -0.493 e. The molecule has 1 aromatic heterocycles. The summed E-state index contributed by atoms with van der Waals surface area (Å²) in [6, 6.07) is 7.42. The third kappa shape index (κ3) is 3.01. The van der Waals surface area contributed by atoms with Crippen molar-refractivity contribution in [2.45, 2.75) is 6.54 Å². The molecule has 16 heavy (non-hydrogen) atoms. The first-order chi connectivity index (χ1) is 7.74. The lowest BCUT2D eigenvalue weighted by atomic mass is 10.2. The summed E-state index contributed by atoms with van der Waals surface area (Å²) in [5.41, 5.74) is 0.983. The van der Waals surface area contributed by atoms with Gasteiger partial charge in [-0.25, -0.2) is 0 Å². The first-order valence-corrected chi connectivity index (χ1v) is 5.76. The van der Waals surface area contributed by atoms with E-state index in [1.807, 2.05) is 18.2 Å². The molecular formula is C10H8ClN3OS. The summed E-state index contributed by atoms with van der Waals surface area (Å²) in [6.07, 6.45) is 0. The van der Waals surface area contributed by atoms with E-state index in [1.165, 1.54) is 16.7 Å². The maximum atomic E-state index is 8.99. The molecule has 0 unspecified atom stereocenters. The van der Waals surface area contributed by atoms with Gasteiger partial charge in [-0.2, -0.15) is 10.1 Å². The molecule has 0 saturated heterocycles. The fourth-order valence-electron chi connectivity index (χ4n) is 1.11. The summed E-state index contributed by atoms with van der Waals surface area (Å²) in [5, 5.41) is 19.5. The van der Waals surface area contributed by atoms with E-state index < -0.39 is 0 Å². The van der Waals surface area contributed by atoms with Gasteiger partial charge >= 0.3 is 0 Å². The SMILES string of the molecule is Oc1csc(N=NCc2cccc(Cl)c2)n1. The number of benzene rings is 1. The molecule has 6 heteroatoms. The minimum atomic E-state index is -0.0262. The van der Waals surface area contributed by atoms with Crippen LogP contribution in [0, 0.1) is 0 Å². The molecule has 0 saturated carbocycles. The highest BCUT2D eigenvalue weighted by atomic mass is 35.5. The van der Waals surface area contributed by atoms with Gasteiger partial charge in [0.1, 0.15) is 0 Å². The van der Waals surface area contributed by atoms with E-state index in [0.717, 1.165) is 5.56 Å². The molecule has 0 amide bonds. The molecular weight excluding hydrogens is 246 g/mol. The van der Waals surface area contributed by atoms with Crippen LogP contribution in [-0.2, 0) is 6.54 Å². The van der Waals surface area contributed by atoms with Gasteiger partial charge in [0.2, 0.25) is 11.0 Å². The third-order valence-electron chi connectivity index (χ3n) is 1.78. The van der Waals surface area contributed by atoms with Gasteiger partial charge in [0, 0.05) is 5.02 Å². The molecule has 4 nitrogen and oxygen atoms in total. The summed E-state index contributed by atoms with van der Waals surface area (Å²) in [5.74, 6) is -0.0262. The van der Waals surface area contributed by atoms with E-state index in [4.69, 9.17) is 16.7 Å². The second-order valence-corrected chi connectivity index (χ2v) is 4.29. The lowest BCUT2D eigenvalue weighted by Crippen LogP contribution is -1.78. The summed E-state index contributed by atoms with van der Waals surface area (Å²) in [6.45, 7) is 0.445. The molecule has 1 aromatic carbocycles. The predicted molar refractivity (Wildman–Crippen MR) is 63.5 cm³/mol. The Morgan fingerprint density at radius 2 is 2.31 bits per heavy atom. The predicted octanol–water partition coefficient (Wildman–Crippen LogP) is 3.79. The average Bonchev–Trinajstić information content (AvgIpc) is 2.64. The Morgan fingerprint density at radius 1 is 1.44 bits per heavy atom. The summed E-state index contributed by atoms with van der Waals surface area (Å²) in [7, 11) is 0. The van der Waals surface area contributed by atoms with Crippen molar-refractivity contribution < 1.29 is 5.11 Å². The Kier molecular flexibility index (Phi) is 3.48. The molecule has 0 aliphatic rings. The molecule has 2 aromatic rings. The van der Waals surface area contributed by atoms with E-state index >= 15 is 0 Å². The largest absolute Gasteiger partial charge is 0.493 e. The lowest BCUT2D eigenvalue weighted by Gasteiger charge is -1.94. The summed E-state index contributed by atoms with van der Waals surface area (Å²) in [4.78, 5) is 3.75. The molecule has 0 aliphatic heterocycles. The van der Waals surface area contributed by atoms with E-state index in [-0.39, 0.29) is 5.88 Å². The van der Waals surface area contributed by atoms with Crippen LogP contribution in [0.4, 0.5) is 5.13 Å². The van der Waals surface area contributed by atoms with Crippen LogP contribution >= 0.6 is 22.9 Å². The van der Waals surface area contributed by atoms with Crippen LogP contribution in [-0.4, -0.2) is 10.1 Å². The second kappa shape index (κ2) is 5.05. The zero-order valence-corrected chi connectivity index (χ0v) is 9.74. The standard InChI is InChI=1S/C10H8ClN3OS/c11-8-3-1-2-7(4-8)5-12-14-10-13-9(15)6-16-10/h1-4,6,15H,5H2. The average molecular weight is 254 g/mol. The smallest absolute Gasteiger partial charge is 0.232 e. The molecule has 0 fully saturated rings. The fourth-order valence-corrected chi connectivity index (χ4v) is 1.84. The maximum absolute atomic E-state index is 8.99. The highest BCUT2D eigenvalue weighted by molar-refractivity contribution is 7.13. The quantitative estimate of drug-likeness (QED) is 0.846. The van der Waals surface area contributed by atoms with E-state index in [1.54, 1.807) is 6.07 Å². The summed E-state index contributed by atoms with van der Waals surface area (Å²) < 4.78 is 0. The number of nitrogens with zero attached hydrogens (tertiary/aromatic N) is 3. The number of aromatic hydroxyl groups is 1. The van der Waals surface area contributed by atoms with Gasteiger partial charge in [0.15, 0.2) is 0 Å². The van der Waals surface area contributed by atoms with Crippen LogP contribution in [0.25, 0.3) is 0 Å². The van der Waals surface area contributed by atoms with Gasteiger partial charge in [-0.15, -0.1) is 5.11 Å². The van der Waals surface area contributed by atoms with Crippen LogP contribution in [0.1, 0.15) is 5.56 Å². The number of halogens is 1. The highest BCUT2D eigenvalue weighted by Crippen LogP contribution is 2.23. The number of hydrogen-bond donors (Lipinski definition) is 1. The minimum absolute atomic E-state index is 0.0262. The van der Waals surface area contributed by atoms with Crippen LogP contribution in [0.2, 0.25) is 5.02 Å². The summed E-state index contributed by atoms with van der Waals surface area (Å²) >= 11 is 7.07. The molecule has 0 radical (unpaired) electrons.